The Labute approximate surface area is 128 Å². The summed E-state index contributed by atoms with van der Waals surface area (Å²) in [7, 11) is 0. The van der Waals surface area contributed by atoms with Gasteiger partial charge in [0.15, 0.2) is 10.8 Å². The molecule has 1 amide bonds. The maximum absolute atomic E-state index is 12.8. The van der Waals surface area contributed by atoms with E-state index in [4.69, 9.17) is 0 Å². The summed E-state index contributed by atoms with van der Waals surface area (Å²) in [6.07, 6.45) is 5.59. The van der Waals surface area contributed by atoms with Crippen LogP contribution in [0.3, 0.4) is 0 Å². The number of carbonyl (C=O) groups excluding carboxylic acids is 1. The maximum Gasteiger partial charge on any atom is 0.266 e. The van der Waals surface area contributed by atoms with Crippen molar-refractivity contribution in [2.24, 2.45) is 0 Å². The van der Waals surface area contributed by atoms with Crippen LogP contribution in [0.4, 0.5) is 0 Å². The van der Waals surface area contributed by atoms with Crippen LogP contribution in [0.15, 0.2) is 18.5 Å². The van der Waals surface area contributed by atoms with Gasteiger partial charge in [-0.3, -0.25) is 4.79 Å². The molecule has 5 nitrogen and oxygen atoms in total. The van der Waals surface area contributed by atoms with Crippen LogP contribution in [0.5, 0.6) is 0 Å². The summed E-state index contributed by atoms with van der Waals surface area (Å²) < 4.78 is 0. The fraction of sp³-hybridized carbons (Fsp3) is 0.467. The molecule has 0 radical (unpaired) electrons. The van der Waals surface area contributed by atoms with Crippen molar-refractivity contribution >= 4 is 17.2 Å². The topological polar surface area (TPSA) is 59.0 Å². The number of nitrogens with zero attached hydrogens (tertiary/aromatic N) is 4. The van der Waals surface area contributed by atoms with Crippen LogP contribution in [0.1, 0.15) is 42.1 Å². The number of hydrogen-bond acceptors (Lipinski definition) is 5. The molecule has 0 aromatic carbocycles. The Morgan fingerprint density at radius 2 is 2.00 bits per heavy atom. The SMILES string of the molecule is Cc1nc(-c2ncccn2)sc1C(=O)N(C(C)C)C1CC1. The van der Waals surface area contributed by atoms with Crippen molar-refractivity contribution in [3.8, 4) is 10.8 Å². The van der Waals surface area contributed by atoms with Gasteiger partial charge in [0.1, 0.15) is 4.88 Å². The molecule has 2 aromatic heterocycles. The van der Waals surface area contributed by atoms with Crippen molar-refractivity contribution in [2.45, 2.75) is 45.7 Å². The van der Waals surface area contributed by atoms with E-state index in [1.165, 1.54) is 11.3 Å². The summed E-state index contributed by atoms with van der Waals surface area (Å²) in [5.74, 6) is 0.664. The van der Waals surface area contributed by atoms with Crippen molar-refractivity contribution < 1.29 is 4.79 Å². The highest BCUT2D eigenvalue weighted by Gasteiger charge is 2.36. The van der Waals surface area contributed by atoms with E-state index in [9.17, 15) is 4.79 Å². The highest BCUT2D eigenvalue weighted by atomic mass is 32.1. The minimum Gasteiger partial charge on any atom is -0.332 e. The Balaban J connectivity index is 1.92. The van der Waals surface area contributed by atoms with Crippen LogP contribution >= 0.6 is 11.3 Å². The van der Waals surface area contributed by atoms with Gasteiger partial charge in [-0.25, -0.2) is 15.0 Å². The van der Waals surface area contributed by atoms with Crippen LogP contribution in [0.2, 0.25) is 0 Å². The third-order valence-corrected chi connectivity index (χ3v) is 4.62. The van der Waals surface area contributed by atoms with Crippen LogP contribution in [0.25, 0.3) is 10.8 Å². The molecule has 1 aliphatic carbocycles. The molecule has 1 fully saturated rings. The van der Waals surface area contributed by atoms with E-state index in [1.54, 1.807) is 18.5 Å². The molecule has 6 heteroatoms. The molecule has 1 saturated carbocycles. The van der Waals surface area contributed by atoms with Crippen LogP contribution in [-0.2, 0) is 0 Å². The fourth-order valence-electron chi connectivity index (χ4n) is 2.39. The zero-order valence-corrected chi connectivity index (χ0v) is 13.2. The third-order valence-electron chi connectivity index (χ3n) is 3.48. The molecule has 1 aliphatic rings. The van der Waals surface area contributed by atoms with Crippen molar-refractivity contribution in [3.05, 3.63) is 29.0 Å². The Kier molecular flexibility index (Phi) is 3.71. The smallest absolute Gasteiger partial charge is 0.266 e. The van der Waals surface area contributed by atoms with Crippen molar-refractivity contribution in [1.29, 1.82) is 0 Å². The molecule has 2 heterocycles. The first-order chi connectivity index (χ1) is 10.1. The molecule has 0 spiro atoms. The van der Waals surface area contributed by atoms with E-state index in [2.05, 4.69) is 28.8 Å². The Bertz CT molecular complexity index is 647. The normalized spacial score (nSPS) is 14.5. The summed E-state index contributed by atoms with van der Waals surface area (Å²) in [5, 5.41) is 0.705. The molecule has 0 unspecified atom stereocenters. The number of aromatic nitrogens is 3. The Morgan fingerprint density at radius 1 is 1.33 bits per heavy atom. The van der Waals surface area contributed by atoms with Crippen LogP contribution in [-0.4, -0.2) is 37.8 Å². The highest BCUT2D eigenvalue weighted by Crippen LogP contribution is 2.33. The zero-order valence-electron chi connectivity index (χ0n) is 12.4. The van der Waals surface area contributed by atoms with Gasteiger partial charge in [0, 0.05) is 24.5 Å². The van der Waals surface area contributed by atoms with Gasteiger partial charge in [-0.1, -0.05) is 0 Å². The Morgan fingerprint density at radius 3 is 2.57 bits per heavy atom. The first-order valence-electron chi connectivity index (χ1n) is 7.15. The summed E-state index contributed by atoms with van der Waals surface area (Å²) in [6.45, 7) is 6.00. The van der Waals surface area contributed by atoms with Crippen molar-refractivity contribution in [3.63, 3.8) is 0 Å². The lowest BCUT2D eigenvalue weighted by Gasteiger charge is -2.26. The van der Waals surface area contributed by atoms with Gasteiger partial charge in [0.05, 0.1) is 5.69 Å². The summed E-state index contributed by atoms with van der Waals surface area (Å²) in [4.78, 5) is 28.4. The number of amides is 1. The average molecular weight is 302 g/mol. The van der Waals surface area contributed by atoms with Gasteiger partial charge in [-0.15, -0.1) is 11.3 Å². The predicted octanol–water partition coefficient (Wildman–Crippen LogP) is 2.92. The number of aryl methyl sites for hydroxylation is 1. The lowest BCUT2D eigenvalue weighted by Crippen LogP contribution is -2.38. The van der Waals surface area contributed by atoms with Gasteiger partial charge in [0.2, 0.25) is 0 Å². The van der Waals surface area contributed by atoms with E-state index in [1.807, 2.05) is 11.8 Å². The van der Waals surface area contributed by atoms with E-state index in [-0.39, 0.29) is 11.9 Å². The molecular weight excluding hydrogens is 284 g/mol. The molecule has 0 bridgehead atoms. The molecule has 0 N–H and O–H groups in total. The predicted molar refractivity (Wildman–Crippen MR) is 82.2 cm³/mol. The second kappa shape index (κ2) is 5.52. The van der Waals surface area contributed by atoms with Crippen molar-refractivity contribution in [1.82, 2.24) is 19.9 Å². The summed E-state index contributed by atoms with van der Waals surface area (Å²) in [6, 6.07) is 2.38. The standard InChI is InChI=1S/C15H18N4OS/c1-9(2)19(11-5-6-11)15(20)12-10(3)18-14(21-12)13-16-7-4-8-17-13/h4,7-9,11H,5-6H2,1-3H3. The van der Waals surface area contributed by atoms with Crippen LogP contribution < -0.4 is 0 Å². The number of hydrogen-bond donors (Lipinski definition) is 0. The van der Waals surface area contributed by atoms with E-state index in [0.717, 1.165) is 18.5 Å². The zero-order chi connectivity index (χ0) is 15.0. The fourth-order valence-corrected chi connectivity index (χ4v) is 3.35. The van der Waals surface area contributed by atoms with Crippen molar-refractivity contribution in [2.75, 3.05) is 0 Å². The Hall–Kier alpha value is -1.82. The number of carbonyl (C=O) groups is 1. The minimum atomic E-state index is 0.0877. The minimum absolute atomic E-state index is 0.0877. The third kappa shape index (κ3) is 2.81. The van der Waals surface area contributed by atoms with Gasteiger partial charge < -0.3 is 4.90 Å². The lowest BCUT2D eigenvalue weighted by molar-refractivity contribution is 0.0694. The van der Waals surface area contributed by atoms with Crippen LogP contribution in [0, 0.1) is 6.92 Å². The molecule has 0 aliphatic heterocycles. The molecular formula is C15H18N4OS. The van der Waals surface area contributed by atoms with Gasteiger partial charge in [0.25, 0.3) is 5.91 Å². The van der Waals surface area contributed by atoms with Gasteiger partial charge in [-0.2, -0.15) is 0 Å². The molecule has 21 heavy (non-hydrogen) atoms. The number of thiazole rings is 1. The molecule has 2 aromatic rings. The average Bonchev–Trinajstić information content (AvgIpc) is 3.21. The molecule has 0 saturated heterocycles. The first-order valence-corrected chi connectivity index (χ1v) is 7.97. The monoisotopic (exact) mass is 302 g/mol. The van der Waals surface area contributed by atoms with E-state index in [0.29, 0.717) is 21.8 Å². The molecule has 0 atom stereocenters. The van der Waals surface area contributed by atoms with Gasteiger partial charge >= 0.3 is 0 Å². The molecule has 110 valence electrons. The largest absolute Gasteiger partial charge is 0.332 e. The second-order valence-corrected chi connectivity index (χ2v) is 6.54. The van der Waals surface area contributed by atoms with E-state index >= 15 is 0 Å². The lowest BCUT2D eigenvalue weighted by atomic mass is 10.2. The first kappa shape index (κ1) is 14.1. The summed E-state index contributed by atoms with van der Waals surface area (Å²) in [5.41, 5.74) is 0.763. The second-order valence-electron chi connectivity index (χ2n) is 5.54. The maximum atomic E-state index is 12.8. The van der Waals surface area contributed by atoms with E-state index < -0.39 is 0 Å². The molecule has 3 rings (SSSR count). The summed E-state index contributed by atoms with van der Waals surface area (Å²) >= 11 is 1.38. The number of rotatable bonds is 4. The van der Waals surface area contributed by atoms with Gasteiger partial charge in [-0.05, 0) is 39.7 Å². The highest BCUT2D eigenvalue weighted by molar-refractivity contribution is 7.17. The quantitative estimate of drug-likeness (QED) is 0.871.